The van der Waals surface area contributed by atoms with Crippen LogP contribution in [0.5, 0.6) is 0 Å². The number of fused-ring (bicyclic) bond motifs is 2. The molecule has 2 aromatic rings. The molecule has 15 heteroatoms. The number of carbonyl (C=O) groups excluding carboxylic acids is 4. The van der Waals surface area contributed by atoms with Gasteiger partial charge in [0.2, 0.25) is 0 Å². The number of anilines is 4. The number of nitrogens with one attached hydrogen (secondary N) is 2. The maximum atomic E-state index is 12.7. The molecule has 2 N–H and O–H groups in total. The predicted molar refractivity (Wildman–Crippen MR) is 145 cm³/mol. The first-order valence-electron chi connectivity index (χ1n) is 13.2. The second-order valence-corrected chi connectivity index (χ2v) is 12.9. The van der Waals surface area contributed by atoms with Gasteiger partial charge in [0.15, 0.2) is 0 Å². The van der Waals surface area contributed by atoms with Crippen LogP contribution in [0.4, 0.5) is 22.7 Å². The maximum absolute atomic E-state index is 12.7. The van der Waals surface area contributed by atoms with Gasteiger partial charge >= 0.3 is 249 Å². The Labute approximate surface area is 248 Å². The normalized spacial score (nSPS) is 16.7. The molecular formula is C26H26HgN8O6. The van der Waals surface area contributed by atoms with E-state index in [4.69, 9.17) is 5.29 Å². The van der Waals surface area contributed by atoms with E-state index in [9.17, 15) is 19.2 Å². The molecule has 0 atom stereocenters. The van der Waals surface area contributed by atoms with Gasteiger partial charge in [0, 0.05) is 0 Å². The predicted octanol–water partition coefficient (Wildman–Crippen LogP) is 0.506. The van der Waals surface area contributed by atoms with Crippen molar-refractivity contribution in [2.75, 3.05) is 59.9 Å². The Morgan fingerprint density at radius 3 is 1.63 bits per heavy atom. The Kier molecular flexibility index (Phi) is 7.72. The molecule has 2 aromatic carbocycles. The van der Waals surface area contributed by atoms with Gasteiger partial charge in [-0.1, -0.05) is 0 Å². The Morgan fingerprint density at radius 2 is 1.22 bits per heavy atom. The average Bonchev–Trinajstić information content (AvgIpc) is 3.76. The number of benzene rings is 2. The van der Waals surface area contributed by atoms with Crippen molar-refractivity contribution >= 4 is 59.2 Å². The van der Waals surface area contributed by atoms with Gasteiger partial charge in [0.05, 0.1) is 0 Å². The van der Waals surface area contributed by atoms with Gasteiger partial charge < -0.3 is 0 Å². The molecule has 0 aromatic heterocycles. The number of carbonyl (C=O) groups is 4. The van der Waals surface area contributed by atoms with Crippen molar-refractivity contribution in [2.24, 2.45) is 9.98 Å². The molecule has 41 heavy (non-hydrogen) atoms. The quantitative estimate of drug-likeness (QED) is 0.330. The summed E-state index contributed by atoms with van der Waals surface area (Å²) < 4.78 is 10.6. The van der Waals surface area contributed by atoms with Crippen molar-refractivity contribution in [3.63, 3.8) is 0 Å². The molecule has 4 heterocycles. The third kappa shape index (κ3) is 5.82. The summed E-state index contributed by atoms with van der Waals surface area (Å²) >= 11 is -2.87. The molecule has 0 saturated carbocycles. The molecule has 0 fully saturated rings. The van der Waals surface area contributed by atoms with E-state index < -0.39 is 37.4 Å². The summed E-state index contributed by atoms with van der Waals surface area (Å²) in [5.41, 5.74) is 10.9. The van der Waals surface area contributed by atoms with Crippen LogP contribution in [-0.2, 0) is 62.8 Å². The number of nitrogens with zero attached hydrogens (tertiary/aromatic N) is 6. The second kappa shape index (κ2) is 11.7. The minimum absolute atomic E-state index is 0.157. The van der Waals surface area contributed by atoms with Crippen LogP contribution in [0.25, 0.3) is 0 Å². The molecule has 0 spiro atoms. The first-order chi connectivity index (χ1) is 20.0. The van der Waals surface area contributed by atoms with Crippen molar-refractivity contribution in [1.82, 2.24) is 10.0 Å². The summed E-state index contributed by atoms with van der Waals surface area (Å²) in [4.78, 5) is 61.7. The van der Waals surface area contributed by atoms with Crippen LogP contribution in [0, 0.1) is 0 Å². The first-order valence-corrected chi connectivity index (χ1v) is 17.7. The molecule has 0 aliphatic carbocycles. The van der Waals surface area contributed by atoms with E-state index in [1.54, 1.807) is 24.8 Å². The Morgan fingerprint density at radius 1 is 0.756 bits per heavy atom. The molecule has 0 bridgehead atoms. The van der Waals surface area contributed by atoms with Crippen molar-refractivity contribution in [1.29, 1.82) is 0 Å². The van der Waals surface area contributed by atoms with E-state index in [2.05, 4.69) is 20.8 Å². The van der Waals surface area contributed by atoms with E-state index in [1.165, 1.54) is 9.80 Å². The Bertz CT molecular complexity index is 1360. The Hall–Kier alpha value is -4.20. The molecule has 0 unspecified atom stereocenters. The van der Waals surface area contributed by atoms with E-state index in [0.717, 1.165) is 35.6 Å². The van der Waals surface area contributed by atoms with Crippen molar-refractivity contribution in [3.8, 4) is 0 Å². The molecule has 6 rings (SSSR count). The Balaban J connectivity index is 1.00. The molecule has 4 aliphatic rings. The van der Waals surface area contributed by atoms with E-state index in [0.29, 0.717) is 24.5 Å². The molecule has 0 radical (unpaired) electrons. The van der Waals surface area contributed by atoms with Crippen LogP contribution < -0.4 is 20.7 Å². The van der Waals surface area contributed by atoms with Gasteiger partial charge in [-0.25, -0.2) is 0 Å². The third-order valence-electron chi connectivity index (χ3n) is 7.07. The van der Waals surface area contributed by atoms with Crippen molar-refractivity contribution in [2.45, 2.75) is 12.8 Å². The summed E-state index contributed by atoms with van der Waals surface area (Å²) in [5.74, 6) is -1.69. The van der Waals surface area contributed by atoms with Crippen molar-refractivity contribution < 1.29 is 50.0 Å². The zero-order valence-corrected chi connectivity index (χ0v) is 27.6. The van der Waals surface area contributed by atoms with Crippen LogP contribution in [-0.4, -0.2) is 85.7 Å². The van der Waals surface area contributed by atoms with Gasteiger partial charge in [-0.15, -0.1) is 0 Å². The van der Waals surface area contributed by atoms with Gasteiger partial charge in [0.1, 0.15) is 0 Å². The summed E-state index contributed by atoms with van der Waals surface area (Å²) in [7, 11) is 0. The van der Waals surface area contributed by atoms with Crippen LogP contribution in [0.3, 0.4) is 0 Å². The van der Waals surface area contributed by atoms with E-state index in [1.807, 2.05) is 34.3 Å². The topological polar surface area (TPSA) is 148 Å². The fourth-order valence-corrected chi connectivity index (χ4v) is 7.05. The number of hydrogen-bond donors (Lipinski definition) is 2. The van der Waals surface area contributed by atoms with Crippen LogP contribution in [0.15, 0.2) is 46.4 Å². The molecule has 4 aliphatic heterocycles. The summed E-state index contributed by atoms with van der Waals surface area (Å²) in [6.07, 6.45) is 3.73. The fraction of sp³-hybridized carbons (Fsp3) is 0.308. The average molecular weight is 747 g/mol. The number of rotatable bonds is 10. The summed E-state index contributed by atoms with van der Waals surface area (Å²) in [6.45, 7) is 2.31. The second-order valence-electron chi connectivity index (χ2n) is 9.72. The third-order valence-corrected chi connectivity index (χ3v) is 10.5. The molecule has 0 saturated heterocycles. The van der Waals surface area contributed by atoms with Gasteiger partial charge in [0.25, 0.3) is 0 Å². The summed E-state index contributed by atoms with van der Waals surface area (Å²) in [6, 6.07) is 10.9. The molecule has 208 valence electrons. The van der Waals surface area contributed by atoms with Crippen LogP contribution in [0.1, 0.15) is 11.1 Å². The van der Waals surface area contributed by atoms with E-state index >= 15 is 0 Å². The molecular weight excluding hydrogens is 721 g/mol. The van der Waals surface area contributed by atoms with Gasteiger partial charge in [-0.3, -0.25) is 0 Å². The zero-order valence-electron chi connectivity index (χ0n) is 22.1. The zero-order chi connectivity index (χ0) is 28.3. The molecule has 2 amide bonds. The standard InChI is InChI=1S/2C13H14N4O3.Hg/c2*18-12-6-9-10(15-16-5-4-14-8-16)2-1-3-11(9)17(12)7-13(19)20;/h2*1-3,8,15H,4-7H2,(H,19,20);/q;;+2/p-2. The number of hydrogen-bond acceptors (Lipinski definition) is 12. The summed E-state index contributed by atoms with van der Waals surface area (Å²) in [5, 5.41) is 3.68. The van der Waals surface area contributed by atoms with E-state index in [-0.39, 0.29) is 37.7 Å². The van der Waals surface area contributed by atoms with Crippen LogP contribution in [0.2, 0.25) is 0 Å². The number of hydrazine groups is 2. The molecule has 14 nitrogen and oxygen atoms in total. The van der Waals surface area contributed by atoms with Crippen LogP contribution >= 0.6 is 0 Å². The number of amides is 2. The van der Waals surface area contributed by atoms with Gasteiger partial charge in [-0.05, 0) is 0 Å². The SMILES string of the molecule is O=C(CN1C(=O)Cc2c(NN3C=NCC3)cccc21)[O][Hg][O]C(=O)CN1C(=O)Cc2c(NN3C=NCC3)cccc21. The number of aliphatic imine (C=N–C) groups is 2. The first kappa shape index (κ1) is 27.0. The van der Waals surface area contributed by atoms with Gasteiger partial charge in [-0.2, -0.15) is 0 Å². The van der Waals surface area contributed by atoms with Crippen molar-refractivity contribution in [3.05, 3.63) is 47.5 Å². The fourth-order valence-electron chi connectivity index (χ4n) is 5.09. The minimum atomic E-state index is -2.87. The monoisotopic (exact) mass is 748 g/mol.